The summed E-state index contributed by atoms with van der Waals surface area (Å²) in [5.41, 5.74) is 2.49. The number of fused-ring (bicyclic) bond motifs is 2. The lowest BCUT2D eigenvalue weighted by Gasteiger charge is -2.46. The number of hydrogen-bond donors (Lipinski definition) is 1. The van der Waals surface area contributed by atoms with E-state index in [0.717, 1.165) is 31.5 Å². The zero-order valence-electron chi connectivity index (χ0n) is 14.8. The predicted octanol–water partition coefficient (Wildman–Crippen LogP) is 4.65. The molecular weight excluding hydrogens is 385 g/mol. The summed E-state index contributed by atoms with van der Waals surface area (Å²) < 4.78 is 0. The Hall–Kier alpha value is -2.24. The zero-order valence-corrected chi connectivity index (χ0v) is 16.3. The highest BCUT2D eigenvalue weighted by molar-refractivity contribution is 6.42. The van der Waals surface area contributed by atoms with E-state index in [2.05, 4.69) is 10.2 Å². The molecule has 2 amide bonds. The van der Waals surface area contributed by atoms with Crippen LogP contribution in [0.15, 0.2) is 36.4 Å². The molecule has 27 heavy (non-hydrogen) atoms. The van der Waals surface area contributed by atoms with Gasteiger partial charge in [-0.15, -0.1) is 0 Å². The summed E-state index contributed by atoms with van der Waals surface area (Å²) in [5, 5.41) is 3.63. The lowest BCUT2D eigenvalue weighted by Crippen LogP contribution is -2.55. The van der Waals surface area contributed by atoms with E-state index in [0.29, 0.717) is 26.9 Å². The standard InChI is InChI=1S/C20H19Cl2N3O2/c1-24-17-10-12(19(26)23-13-6-8-15(21)16(22)11-13)5-7-14(17)20(27)25-9-3-2-4-18(24)25/h5-8,10-11,18H,2-4,9H2,1H3,(H,23,26)/t18-/m1/s1. The summed E-state index contributed by atoms with van der Waals surface area (Å²) in [6.07, 6.45) is 3.15. The van der Waals surface area contributed by atoms with Crippen molar-refractivity contribution in [1.29, 1.82) is 0 Å². The van der Waals surface area contributed by atoms with Gasteiger partial charge in [0.15, 0.2) is 0 Å². The Morgan fingerprint density at radius 1 is 1.11 bits per heavy atom. The highest BCUT2D eigenvalue weighted by Gasteiger charge is 2.37. The van der Waals surface area contributed by atoms with E-state index in [-0.39, 0.29) is 18.0 Å². The van der Waals surface area contributed by atoms with Crippen LogP contribution in [-0.2, 0) is 0 Å². The summed E-state index contributed by atoms with van der Waals surface area (Å²) >= 11 is 11.9. The number of carbonyl (C=O) groups excluding carboxylic acids is 2. The Kier molecular flexibility index (Phi) is 4.74. The van der Waals surface area contributed by atoms with Crippen LogP contribution >= 0.6 is 23.2 Å². The molecule has 7 heteroatoms. The van der Waals surface area contributed by atoms with Crippen LogP contribution in [0.25, 0.3) is 0 Å². The maximum atomic E-state index is 12.8. The maximum Gasteiger partial charge on any atom is 0.257 e. The minimum atomic E-state index is -0.261. The molecule has 0 spiro atoms. The molecule has 0 unspecified atom stereocenters. The number of nitrogens with one attached hydrogen (secondary N) is 1. The third-order valence-corrected chi connectivity index (χ3v) is 5.97. The van der Waals surface area contributed by atoms with Crippen molar-refractivity contribution in [2.75, 3.05) is 23.8 Å². The first-order valence-corrected chi connectivity index (χ1v) is 9.65. The van der Waals surface area contributed by atoms with Crippen molar-refractivity contribution in [2.45, 2.75) is 25.4 Å². The molecule has 2 aromatic carbocycles. The molecule has 1 fully saturated rings. The van der Waals surface area contributed by atoms with Gasteiger partial charge >= 0.3 is 0 Å². The molecule has 0 saturated carbocycles. The average Bonchev–Trinajstić information content (AvgIpc) is 2.68. The second-order valence-corrected chi connectivity index (χ2v) is 7.72. The number of hydrogen-bond acceptors (Lipinski definition) is 3. The molecule has 2 aliphatic rings. The molecule has 1 saturated heterocycles. The van der Waals surface area contributed by atoms with Gasteiger partial charge in [-0.3, -0.25) is 9.59 Å². The number of amides is 2. The summed E-state index contributed by atoms with van der Waals surface area (Å²) in [7, 11) is 1.98. The largest absolute Gasteiger partial charge is 0.354 e. The van der Waals surface area contributed by atoms with Gasteiger partial charge in [-0.2, -0.15) is 0 Å². The van der Waals surface area contributed by atoms with Crippen LogP contribution in [0.4, 0.5) is 11.4 Å². The molecule has 0 aromatic heterocycles. The molecule has 0 bridgehead atoms. The van der Waals surface area contributed by atoms with E-state index in [1.165, 1.54) is 0 Å². The number of piperidine rings is 1. The fourth-order valence-corrected chi connectivity index (χ4v) is 4.09. The summed E-state index contributed by atoms with van der Waals surface area (Å²) in [6, 6.07) is 10.1. The van der Waals surface area contributed by atoms with E-state index in [1.807, 2.05) is 11.9 Å². The molecular formula is C20H19Cl2N3O2. The first-order valence-electron chi connectivity index (χ1n) is 8.90. The molecule has 1 N–H and O–H groups in total. The Balaban J connectivity index is 1.62. The van der Waals surface area contributed by atoms with Gasteiger partial charge in [0.25, 0.3) is 11.8 Å². The lowest BCUT2D eigenvalue weighted by atomic mass is 9.97. The minimum Gasteiger partial charge on any atom is -0.354 e. The van der Waals surface area contributed by atoms with Gasteiger partial charge in [-0.05, 0) is 55.7 Å². The van der Waals surface area contributed by atoms with Gasteiger partial charge in [0, 0.05) is 24.8 Å². The van der Waals surface area contributed by atoms with Crippen molar-refractivity contribution in [3.63, 3.8) is 0 Å². The van der Waals surface area contributed by atoms with Crippen molar-refractivity contribution >= 4 is 46.4 Å². The number of carbonyl (C=O) groups is 2. The summed E-state index contributed by atoms with van der Waals surface area (Å²) in [6.45, 7) is 0.785. The highest BCUT2D eigenvalue weighted by Crippen LogP contribution is 2.35. The van der Waals surface area contributed by atoms with Crippen molar-refractivity contribution < 1.29 is 9.59 Å². The average molecular weight is 404 g/mol. The number of benzene rings is 2. The van der Waals surface area contributed by atoms with Gasteiger partial charge in [0.2, 0.25) is 0 Å². The highest BCUT2D eigenvalue weighted by atomic mass is 35.5. The third-order valence-electron chi connectivity index (χ3n) is 5.23. The zero-order chi connectivity index (χ0) is 19.1. The van der Waals surface area contributed by atoms with E-state index in [4.69, 9.17) is 23.2 Å². The smallest absolute Gasteiger partial charge is 0.257 e. The first kappa shape index (κ1) is 18.1. The molecule has 2 aromatic rings. The Labute approximate surface area is 167 Å². The van der Waals surface area contributed by atoms with E-state index in [1.54, 1.807) is 36.4 Å². The van der Waals surface area contributed by atoms with Gasteiger partial charge in [-0.1, -0.05) is 23.2 Å². The molecule has 4 rings (SSSR count). The SMILES string of the molecule is CN1c2cc(C(=O)Nc3ccc(Cl)c(Cl)c3)ccc2C(=O)N2CCCC[C@@H]21. The van der Waals surface area contributed by atoms with Crippen LogP contribution in [0.3, 0.4) is 0 Å². The van der Waals surface area contributed by atoms with E-state index >= 15 is 0 Å². The lowest BCUT2D eigenvalue weighted by molar-refractivity contribution is 0.0589. The second-order valence-electron chi connectivity index (χ2n) is 6.90. The van der Waals surface area contributed by atoms with Crippen molar-refractivity contribution in [3.8, 4) is 0 Å². The van der Waals surface area contributed by atoms with Gasteiger partial charge < -0.3 is 15.1 Å². The molecule has 2 aliphatic heterocycles. The molecule has 0 radical (unpaired) electrons. The Morgan fingerprint density at radius 2 is 1.93 bits per heavy atom. The van der Waals surface area contributed by atoms with Crippen LogP contribution < -0.4 is 10.2 Å². The van der Waals surface area contributed by atoms with Gasteiger partial charge in [0.1, 0.15) is 6.17 Å². The normalized spacial score (nSPS) is 18.8. The van der Waals surface area contributed by atoms with E-state index in [9.17, 15) is 9.59 Å². The number of anilines is 2. The molecule has 2 heterocycles. The van der Waals surface area contributed by atoms with Crippen LogP contribution in [0.1, 0.15) is 40.0 Å². The molecule has 1 atom stereocenters. The fourth-order valence-electron chi connectivity index (χ4n) is 3.79. The van der Waals surface area contributed by atoms with Gasteiger partial charge in [-0.25, -0.2) is 0 Å². The minimum absolute atomic E-state index is 0.0456. The summed E-state index contributed by atoms with van der Waals surface area (Å²) in [5.74, 6) is -0.215. The maximum absolute atomic E-state index is 12.8. The van der Waals surface area contributed by atoms with Crippen LogP contribution in [-0.4, -0.2) is 36.5 Å². The Morgan fingerprint density at radius 3 is 2.70 bits per heavy atom. The number of halogens is 2. The van der Waals surface area contributed by atoms with Crippen molar-refractivity contribution in [3.05, 3.63) is 57.6 Å². The number of rotatable bonds is 2. The van der Waals surface area contributed by atoms with Crippen molar-refractivity contribution in [1.82, 2.24) is 4.90 Å². The van der Waals surface area contributed by atoms with E-state index < -0.39 is 0 Å². The van der Waals surface area contributed by atoms with Crippen molar-refractivity contribution in [2.24, 2.45) is 0 Å². The molecule has 5 nitrogen and oxygen atoms in total. The van der Waals surface area contributed by atoms with Crippen LogP contribution in [0.5, 0.6) is 0 Å². The predicted molar refractivity (Wildman–Crippen MR) is 108 cm³/mol. The number of nitrogens with zero attached hydrogens (tertiary/aromatic N) is 2. The van der Waals surface area contributed by atoms with Crippen LogP contribution in [0.2, 0.25) is 10.0 Å². The third kappa shape index (κ3) is 3.26. The Bertz CT molecular complexity index is 931. The summed E-state index contributed by atoms with van der Waals surface area (Å²) in [4.78, 5) is 29.5. The monoisotopic (exact) mass is 403 g/mol. The van der Waals surface area contributed by atoms with Gasteiger partial charge in [0.05, 0.1) is 21.3 Å². The second kappa shape index (κ2) is 7.06. The quantitative estimate of drug-likeness (QED) is 0.793. The molecule has 0 aliphatic carbocycles. The first-order chi connectivity index (χ1) is 13.0. The molecule has 140 valence electrons. The topological polar surface area (TPSA) is 52.7 Å². The van der Waals surface area contributed by atoms with Crippen LogP contribution in [0, 0.1) is 0 Å². The fraction of sp³-hybridized carbons (Fsp3) is 0.300.